The van der Waals surface area contributed by atoms with Gasteiger partial charge in [-0.1, -0.05) is 18.2 Å². The third-order valence-corrected chi connectivity index (χ3v) is 6.30. The van der Waals surface area contributed by atoms with E-state index in [2.05, 4.69) is 56.2 Å². The first-order valence-electron chi connectivity index (χ1n) is 11.3. The maximum Gasteiger partial charge on any atom is 0.334 e. The van der Waals surface area contributed by atoms with E-state index in [0.717, 1.165) is 47.6 Å². The molecule has 9 heteroatoms. The summed E-state index contributed by atoms with van der Waals surface area (Å²) < 4.78 is 1.12. The summed E-state index contributed by atoms with van der Waals surface area (Å²) in [5.41, 5.74) is 3.78. The third-order valence-electron chi connectivity index (χ3n) is 6.30. The molecule has 174 valence electrons. The molecular formula is C25H27N7O2. The molecular weight excluding hydrogens is 430 g/mol. The van der Waals surface area contributed by atoms with Crippen LogP contribution < -0.4 is 21.5 Å². The van der Waals surface area contributed by atoms with Crippen molar-refractivity contribution < 1.29 is 0 Å². The summed E-state index contributed by atoms with van der Waals surface area (Å²) in [6, 6.07) is 13.4. The Morgan fingerprint density at radius 3 is 2.44 bits per heavy atom. The number of nitrogens with one attached hydrogen (secondary N) is 2. The zero-order valence-electron chi connectivity index (χ0n) is 19.5. The summed E-state index contributed by atoms with van der Waals surface area (Å²) >= 11 is 0. The van der Waals surface area contributed by atoms with Crippen LogP contribution in [0.15, 0.2) is 58.3 Å². The number of likely N-dealkylation sites (N-methyl/N-ethyl adjacent to an activating group) is 1. The molecule has 34 heavy (non-hydrogen) atoms. The van der Waals surface area contributed by atoms with Crippen molar-refractivity contribution in [2.45, 2.75) is 13.8 Å². The van der Waals surface area contributed by atoms with E-state index in [4.69, 9.17) is 0 Å². The number of aromatic amines is 1. The summed E-state index contributed by atoms with van der Waals surface area (Å²) in [5.74, 6) is 0.308. The van der Waals surface area contributed by atoms with Gasteiger partial charge in [-0.15, -0.1) is 0 Å². The van der Waals surface area contributed by atoms with Gasteiger partial charge in [0.1, 0.15) is 5.39 Å². The van der Waals surface area contributed by atoms with Gasteiger partial charge in [-0.3, -0.25) is 9.78 Å². The van der Waals surface area contributed by atoms with E-state index < -0.39 is 11.2 Å². The van der Waals surface area contributed by atoms with E-state index in [1.54, 1.807) is 12.1 Å². The number of rotatable bonds is 4. The molecule has 0 bridgehead atoms. The van der Waals surface area contributed by atoms with Crippen molar-refractivity contribution in [2.75, 3.05) is 43.4 Å². The van der Waals surface area contributed by atoms with Gasteiger partial charge in [0.25, 0.3) is 5.56 Å². The van der Waals surface area contributed by atoms with Gasteiger partial charge < -0.3 is 15.1 Å². The predicted molar refractivity (Wildman–Crippen MR) is 135 cm³/mol. The van der Waals surface area contributed by atoms with Gasteiger partial charge in [0.2, 0.25) is 5.95 Å². The highest BCUT2D eigenvalue weighted by molar-refractivity contribution is 5.75. The molecule has 3 heterocycles. The second-order valence-electron chi connectivity index (χ2n) is 8.73. The number of benzene rings is 2. The van der Waals surface area contributed by atoms with E-state index in [-0.39, 0.29) is 11.0 Å². The van der Waals surface area contributed by atoms with Crippen molar-refractivity contribution >= 4 is 28.4 Å². The average Bonchev–Trinajstić information content (AvgIpc) is 2.81. The van der Waals surface area contributed by atoms with Crippen LogP contribution in [0.25, 0.3) is 16.7 Å². The van der Waals surface area contributed by atoms with Gasteiger partial charge in [-0.2, -0.15) is 4.98 Å². The fourth-order valence-electron chi connectivity index (χ4n) is 4.36. The Kier molecular flexibility index (Phi) is 5.62. The van der Waals surface area contributed by atoms with Crippen LogP contribution in [0.1, 0.15) is 11.1 Å². The Morgan fingerprint density at radius 1 is 0.941 bits per heavy atom. The molecule has 2 aromatic carbocycles. The quantitative estimate of drug-likeness (QED) is 0.486. The summed E-state index contributed by atoms with van der Waals surface area (Å²) in [6.07, 6.45) is 1.45. The number of para-hydroxylation sites is 1. The minimum absolute atomic E-state index is 0.197. The molecule has 0 saturated carbocycles. The average molecular weight is 458 g/mol. The van der Waals surface area contributed by atoms with Crippen molar-refractivity contribution in [3.05, 3.63) is 80.6 Å². The smallest absolute Gasteiger partial charge is 0.334 e. The van der Waals surface area contributed by atoms with Gasteiger partial charge in [-0.25, -0.2) is 14.3 Å². The van der Waals surface area contributed by atoms with Crippen LogP contribution in [0.2, 0.25) is 0 Å². The first-order valence-corrected chi connectivity index (χ1v) is 11.3. The second-order valence-corrected chi connectivity index (χ2v) is 8.73. The Labute approximate surface area is 196 Å². The third kappa shape index (κ3) is 4.06. The number of fused-ring (bicyclic) bond motifs is 1. The SMILES string of the molecule is Cc1cc(Nc2ncc3c(=O)n(-c4ccccc4C)c(=O)[nH]c3n2)ccc1N1CCN(C)CC1. The zero-order chi connectivity index (χ0) is 23.8. The minimum atomic E-state index is -0.538. The Balaban J connectivity index is 1.44. The number of piperazine rings is 1. The van der Waals surface area contributed by atoms with Crippen LogP contribution in [0.3, 0.4) is 0 Å². The molecule has 1 fully saturated rings. The van der Waals surface area contributed by atoms with Crippen molar-refractivity contribution in [1.82, 2.24) is 24.4 Å². The fraction of sp³-hybridized carbons (Fsp3) is 0.280. The lowest BCUT2D eigenvalue weighted by Crippen LogP contribution is -2.44. The Hall–Kier alpha value is -3.98. The molecule has 0 radical (unpaired) electrons. The van der Waals surface area contributed by atoms with Crippen molar-refractivity contribution in [2.24, 2.45) is 0 Å². The first kappa shape index (κ1) is 21.8. The van der Waals surface area contributed by atoms with Crippen molar-refractivity contribution in [1.29, 1.82) is 0 Å². The highest BCUT2D eigenvalue weighted by Crippen LogP contribution is 2.26. The van der Waals surface area contributed by atoms with Crippen molar-refractivity contribution in [3.8, 4) is 5.69 Å². The molecule has 1 aliphatic heterocycles. The number of hydrogen-bond donors (Lipinski definition) is 2. The fourth-order valence-corrected chi connectivity index (χ4v) is 4.36. The number of aryl methyl sites for hydroxylation is 2. The number of H-pyrrole nitrogens is 1. The molecule has 4 aromatic rings. The topological polar surface area (TPSA) is 99.1 Å². The monoisotopic (exact) mass is 457 g/mol. The van der Waals surface area contributed by atoms with Gasteiger partial charge in [0.15, 0.2) is 5.65 Å². The largest absolute Gasteiger partial charge is 0.369 e. The van der Waals surface area contributed by atoms with Crippen LogP contribution in [-0.2, 0) is 0 Å². The summed E-state index contributed by atoms with van der Waals surface area (Å²) in [5, 5.41) is 3.43. The molecule has 0 atom stereocenters. The van der Waals surface area contributed by atoms with Gasteiger partial charge in [0.05, 0.1) is 5.69 Å². The van der Waals surface area contributed by atoms with E-state index in [9.17, 15) is 9.59 Å². The van der Waals surface area contributed by atoms with Gasteiger partial charge in [-0.05, 0) is 56.3 Å². The van der Waals surface area contributed by atoms with Crippen LogP contribution in [-0.4, -0.2) is 57.6 Å². The number of hydrogen-bond acceptors (Lipinski definition) is 7. The molecule has 1 saturated heterocycles. The molecule has 9 nitrogen and oxygen atoms in total. The molecule has 0 unspecified atom stereocenters. The number of anilines is 3. The highest BCUT2D eigenvalue weighted by Gasteiger charge is 2.17. The van der Waals surface area contributed by atoms with Gasteiger partial charge in [0, 0.05) is 43.8 Å². The standard InChI is InChI=1S/C25H27N7O2/c1-16-6-4-5-7-21(16)32-23(33)19-15-26-24(28-22(19)29-25(32)34)27-18-8-9-20(17(2)14-18)31-12-10-30(3)11-13-31/h4-9,14-15H,10-13H2,1-3H3,(H2,26,27,28,29,34). The van der Waals surface area contributed by atoms with Crippen molar-refractivity contribution in [3.63, 3.8) is 0 Å². The summed E-state index contributed by atoms with van der Waals surface area (Å²) in [4.78, 5) is 42.0. The molecule has 1 aliphatic rings. The lowest BCUT2D eigenvalue weighted by molar-refractivity contribution is 0.312. The Morgan fingerprint density at radius 2 is 1.71 bits per heavy atom. The van der Waals surface area contributed by atoms with Crippen LogP contribution in [0.5, 0.6) is 0 Å². The maximum atomic E-state index is 13.1. The van der Waals surface area contributed by atoms with E-state index in [1.165, 1.54) is 11.9 Å². The highest BCUT2D eigenvalue weighted by atomic mass is 16.2. The normalized spacial score (nSPS) is 14.5. The lowest BCUT2D eigenvalue weighted by Gasteiger charge is -2.35. The van der Waals surface area contributed by atoms with E-state index in [0.29, 0.717) is 11.6 Å². The summed E-state index contributed by atoms with van der Waals surface area (Å²) in [6.45, 7) is 8.05. The molecule has 2 aromatic heterocycles. The molecule has 0 aliphatic carbocycles. The number of nitrogens with zero attached hydrogens (tertiary/aromatic N) is 5. The molecule has 5 rings (SSSR count). The molecule has 0 spiro atoms. The van der Waals surface area contributed by atoms with Crippen LogP contribution in [0, 0.1) is 13.8 Å². The van der Waals surface area contributed by atoms with Gasteiger partial charge >= 0.3 is 5.69 Å². The minimum Gasteiger partial charge on any atom is -0.369 e. The number of aromatic nitrogens is 4. The maximum absolute atomic E-state index is 13.1. The van der Waals surface area contributed by atoms with E-state index >= 15 is 0 Å². The first-order chi connectivity index (χ1) is 16.4. The van der Waals surface area contributed by atoms with E-state index in [1.807, 2.05) is 25.1 Å². The zero-order valence-corrected chi connectivity index (χ0v) is 19.5. The molecule has 0 amide bonds. The predicted octanol–water partition coefficient (Wildman–Crippen LogP) is 2.58. The van der Waals surface area contributed by atoms with Crippen LogP contribution in [0.4, 0.5) is 17.3 Å². The lowest BCUT2D eigenvalue weighted by atomic mass is 10.1. The molecule has 2 N–H and O–H groups in total. The van der Waals surface area contributed by atoms with Crippen LogP contribution >= 0.6 is 0 Å². The summed E-state index contributed by atoms with van der Waals surface area (Å²) in [7, 11) is 2.14. The Bertz CT molecular complexity index is 1480. The second kappa shape index (κ2) is 8.75.